The van der Waals surface area contributed by atoms with Crippen molar-refractivity contribution in [3.05, 3.63) is 18.2 Å². The average Bonchev–Trinajstić information content (AvgIpc) is 1.99. The molecule has 0 bridgehead atoms. The van der Waals surface area contributed by atoms with E-state index < -0.39 is 16.1 Å². The zero-order valence-electron chi connectivity index (χ0n) is 10.6. The zero-order valence-corrected chi connectivity index (χ0v) is 12.6. The smallest absolute Gasteiger partial charge is 0.177 e. The summed E-state index contributed by atoms with van der Waals surface area (Å²) in [7, 11) is -2.89. The lowest BCUT2D eigenvalue weighted by atomic mass is 10.3. The Bertz CT molecular complexity index is 359. The van der Waals surface area contributed by atoms with Gasteiger partial charge < -0.3 is 0 Å². The largest absolute Gasteiger partial charge is 0.290 e. The third-order valence-electron chi connectivity index (χ3n) is 2.58. The number of benzene rings is 1. The van der Waals surface area contributed by atoms with Crippen LogP contribution in [0.15, 0.2) is 18.2 Å². The second kappa shape index (κ2) is 3.79. The molecular formula is C12H21OSi2. The van der Waals surface area contributed by atoms with Gasteiger partial charge in [-0.3, -0.25) is 5.11 Å². The van der Waals surface area contributed by atoms with Crippen LogP contribution in [0.5, 0.6) is 5.75 Å². The van der Waals surface area contributed by atoms with E-state index in [-0.39, 0.29) is 5.75 Å². The minimum absolute atomic E-state index is 0.258. The van der Waals surface area contributed by atoms with Gasteiger partial charge in [-0.25, -0.2) is 0 Å². The first kappa shape index (κ1) is 12.5. The second-order valence-corrected chi connectivity index (χ2v) is 16.2. The van der Waals surface area contributed by atoms with E-state index in [4.69, 9.17) is 0 Å². The van der Waals surface area contributed by atoms with E-state index in [1.165, 1.54) is 5.19 Å². The highest BCUT2D eigenvalue weighted by molar-refractivity contribution is 6.98. The molecule has 3 heteroatoms. The molecule has 0 heterocycles. The molecule has 0 saturated carbocycles. The first-order valence-corrected chi connectivity index (χ1v) is 12.4. The Kier molecular flexibility index (Phi) is 3.17. The third kappa shape index (κ3) is 2.72. The van der Waals surface area contributed by atoms with Crippen LogP contribution in [0.2, 0.25) is 39.3 Å². The minimum Gasteiger partial charge on any atom is -0.290 e. The topological polar surface area (TPSA) is 19.9 Å². The highest BCUT2D eigenvalue weighted by Crippen LogP contribution is 2.14. The van der Waals surface area contributed by atoms with Crippen molar-refractivity contribution < 1.29 is 5.11 Å². The van der Waals surface area contributed by atoms with Crippen LogP contribution in [0.1, 0.15) is 0 Å². The van der Waals surface area contributed by atoms with Gasteiger partial charge in [0, 0.05) is 0 Å². The minimum atomic E-state index is -1.51. The Balaban J connectivity index is 3.48. The Morgan fingerprint density at radius 1 is 0.867 bits per heavy atom. The van der Waals surface area contributed by atoms with E-state index in [0.717, 1.165) is 5.19 Å². The Labute approximate surface area is 95.2 Å². The molecule has 0 aromatic heterocycles. The van der Waals surface area contributed by atoms with Crippen LogP contribution < -0.4 is 10.4 Å². The molecule has 0 fully saturated rings. The van der Waals surface area contributed by atoms with Gasteiger partial charge in [-0.15, -0.1) is 0 Å². The highest BCUT2D eigenvalue weighted by atomic mass is 28.3. The van der Waals surface area contributed by atoms with E-state index >= 15 is 0 Å². The van der Waals surface area contributed by atoms with Crippen LogP contribution in [-0.2, 0) is 5.11 Å². The molecule has 1 rings (SSSR count). The number of rotatable bonds is 2. The van der Waals surface area contributed by atoms with Gasteiger partial charge in [-0.2, -0.15) is 0 Å². The van der Waals surface area contributed by atoms with Gasteiger partial charge in [0.2, 0.25) is 0 Å². The van der Waals surface area contributed by atoms with Gasteiger partial charge in [0.15, 0.2) is 5.75 Å². The van der Waals surface area contributed by atoms with Crippen LogP contribution in [0.3, 0.4) is 0 Å². The van der Waals surface area contributed by atoms with Crippen molar-refractivity contribution in [2.75, 3.05) is 0 Å². The van der Waals surface area contributed by atoms with E-state index in [2.05, 4.69) is 45.3 Å². The van der Waals surface area contributed by atoms with Gasteiger partial charge in [0.25, 0.3) is 0 Å². The average molecular weight is 237 g/mol. The monoisotopic (exact) mass is 237 g/mol. The Morgan fingerprint density at radius 3 is 1.73 bits per heavy atom. The van der Waals surface area contributed by atoms with Crippen LogP contribution in [-0.4, -0.2) is 16.1 Å². The summed E-state index contributed by atoms with van der Waals surface area (Å²) in [5.41, 5.74) is 0. The Hall–Kier alpha value is -0.546. The summed E-state index contributed by atoms with van der Waals surface area (Å²) in [5.74, 6) is 0.258. The first-order chi connectivity index (χ1) is 6.64. The number of hydrogen-bond acceptors (Lipinski definition) is 0. The molecule has 0 spiro atoms. The van der Waals surface area contributed by atoms with Crippen LogP contribution >= 0.6 is 0 Å². The predicted octanol–water partition coefficient (Wildman–Crippen LogP) is 2.92. The molecule has 0 saturated heterocycles. The quantitative estimate of drug-likeness (QED) is 0.705. The molecule has 1 aromatic rings. The molecular weight excluding hydrogens is 216 g/mol. The normalized spacial score (nSPS) is 12.9. The van der Waals surface area contributed by atoms with Crippen LogP contribution in [0.25, 0.3) is 0 Å². The highest BCUT2D eigenvalue weighted by Gasteiger charge is 2.30. The molecule has 0 aliphatic carbocycles. The summed E-state index contributed by atoms with van der Waals surface area (Å²) in [6, 6.07) is 5.80. The lowest BCUT2D eigenvalue weighted by molar-refractivity contribution is 0.358. The van der Waals surface area contributed by atoms with E-state index in [9.17, 15) is 5.11 Å². The molecule has 0 aliphatic rings. The maximum atomic E-state index is 12.0. The summed E-state index contributed by atoms with van der Waals surface area (Å²) < 4.78 is 0. The molecule has 0 unspecified atom stereocenters. The standard InChI is InChI=1S/C12H21OSi2/c1-14(2,3)11-9-7-8-10(13)12(11)15(4,5)6/h7-9H,1-6H3. The zero-order chi connectivity index (χ0) is 11.9. The predicted molar refractivity (Wildman–Crippen MR) is 72.5 cm³/mol. The van der Waals surface area contributed by atoms with Crippen molar-refractivity contribution in [3.63, 3.8) is 0 Å². The molecule has 0 N–H and O–H groups in total. The van der Waals surface area contributed by atoms with E-state index in [0.29, 0.717) is 0 Å². The maximum Gasteiger partial charge on any atom is 0.177 e. The fraction of sp³-hybridized carbons (Fsp3) is 0.500. The van der Waals surface area contributed by atoms with Crippen molar-refractivity contribution in [2.24, 2.45) is 0 Å². The first-order valence-electron chi connectivity index (χ1n) is 5.45. The summed E-state index contributed by atoms with van der Waals surface area (Å²) in [4.78, 5) is 0. The van der Waals surface area contributed by atoms with Crippen molar-refractivity contribution in [1.82, 2.24) is 0 Å². The molecule has 1 radical (unpaired) electrons. The van der Waals surface area contributed by atoms with E-state index in [1.54, 1.807) is 6.07 Å². The van der Waals surface area contributed by atoms with Gasteiger partial charge in [-0.1, -0.05) is 56.6 Å². The molecule has 0 atom stereocenters. The van der Waals surface area contributed by atoms with Gasteiger partial charge in [-0.05, 0) is 11.3 Å². The molecule has 0 amide bonds. The fourth-order valence-electron chi connectivity index (χ4n) is 1.93. The SMILES string of the molecule is C[Si](C)(C)c1cccc([O])c1[Si](C)(C)C. The van der Waals surface area contributed by atoms with Crippen LogP contribution in [0.4, 0.5) is 0 Å². The third-order valence-corrected chi connectivity index (χ3v) is 6.88. The van der Waals surface area contributed by atoms with Gasteiger partial charge in [0.05, 0.1) is 16.1 Å². The van der Waals surface area contributed by atoms with Gasteiger partial charge in [0.1, 0.15) is 0 Å². The lowest BCUT2D eigenvalue weighted by Crippen LogP contribution is -2.56. The molecule has 0 aliphatic heterocycles. The van der Waals surface area contributed by atoms with Crippen molar-refractivity contribution in [3.8, 4) is 5.75 Å². The summed E-state index contributed by atoms with van der Waals surface area (Å²) in [6.07, 6.45) is 0. The van der Waals surface area contributed by atoms with E-state index in [1.807, 2.05) is 6.07 Å². The van der Waals surface area contributed by atoms with Crippen LogP contribution in [0, 0.1) is 0 Å². The van der Waals surface area contributed by atoms with Crippen molar-refractivity contribution >= 4 is 26.5 Å². The molecule has 1 nitrogen and oxygen atoms in total. The summed E-state index contributed by atoms with van der Waals surface area (Å²) in [6.45, 7) is 13.7. The second-order valence-electron chi connectivity index (χ2n) is 6.18. The molecule has 83 valence electrons. The molecule has 1 aromatic carbocycles. The van der Waals surface area contributed by atoms with Gasteiger partial charge >= 0.3 is 0 Å². The summed E-state index contributed by atoms with van der Waals surface area (Å²) >= 11 is 0. The Morgan fingerprint density at radius 2 is 1.40 bits per heavy atom. The number of hydrogen-bond donors (Lipinski definition) is 0. The molecule has 15 heavy (non-hydrogen) atoms. The summed E-state index contributed by atoms with van der Waals surface area (Å²) in [5, 5.41) is 14.5. The van der Waals surface area contributed by atoms with Crippen molar-refractivity contribution in [1.29, 1.82) is 0 Å². The van der Waals surface area contributed by atoms with Crippen molar-refractivity contribution in [2.45, 2.75) is 39.3 Å². The lowest BCUT2D eigenvalue weighted by Gasteiger charge is -2.27. The fourth-order valence-corrected chi connectivity index (χ4v) is 7.36. The maximum absolute atomic E-state index is 12.0.